The lowest BCUT2D eigenvalue weighted by atomic mass is 9.97. The number of piperidine rings is 1. The van der Waals surface area contributed by atoms with Gasteiger partial charge in [-0.15, -0.1) is 23.7 Å². The van der Waals surface area contributed by atoms with Gasteiger partial charge in [0.15, 0.2) is 5.78 Å². The molecule has 194 valence electrons. The summed E-state index contributed by atoms with van der Waals surface area (Å²) >= 11 is 1.60. The number of carbonyl (C=O) groups is 1. The van der Waals surface area contributed by atoms with Crippen LogP contribution in [0.4, 0.5) is 0 Å². The van der Waals surface area contributed by atoms with Crippen molar-refractivity contribution in [3.63, 3.8) is 0 Å². The molecule has 5 nitrogen and oxygen atoms in total. The van der Waals surface area contributed by atoms with Crippen molar-refractivity contribution in [2.24, 2.45) is 0 Å². The summed E-state index contributed by atoms with van der Waals surface area (Å²) in [4.78, 5) is 14.8. The molecule has 0 bridgehead atoms. The first-order chi connectivity index (χ1) is 17.7. The highest BCUT2D eigenvalue weighted by atomic mass is 35.5. The first-order valence-electron chi connectivity index (χ1n) is 12.4. The van der Waals surface area contributed by atoms with E-state index in [1.165, 1.54) is 19.3 Å². The summed E-state index contributed by atoms with van der Waals surface area (Å²) < 4.78 is 17.7. The molecule has 1 fully saturated rings. The number of rotatable bonds is 9. The predicted octanol–water partition coefficient (Wildman–Crippen LogP) is 7.15. The molecule has 0 aliphatic carbocycles. The molecular formula is C30H32ClNO4S. The van der Waals surface area contributed by atoms with Gasteiger partial charge in [0.05, 0.1) is 20.8 Å². The van der Waals surface area contributed by atoms with Crippen LogP contribution in [0.2, 0.25) is 0 Å². The third kappa shape index (κ3) is 6.09. The standard InChI is InChI=1S/C30H31NO4S.ClH/c1-33-23-10-8-21(9-11-23)30-28(26-15-14-25(34-2)19-27(26)36-30)29(32)20-6-12-24(13-7-20)35-18-16-22-5-3-4-17-31-22;/h6-15,19,22,31H,3-5,16-18H2,1-2H3;1H. The third-order valence-electron chi connectivity index (χ3n) is 6.74. The maximum absolute atomic E-state index is 13.8. The molecule has 1 saturated heterocycles. The van der Waals surface area contributed by atoms with Crippen LogP contribution in [-0.2, 0) is 0 Å². The van der Waals surface area contributed by atoms with E-state index in [-0.39, 0.29) is 18.2 Å². The number of methoxy groups -OCH3 is 2. The molecule has 1 aliphatic rings. The lowest BCUT2D eigenvalue weighted by molar-refractivity contribution is 0.104. The SMILES string of the molecule is COc1ccc(-c2sc3cc(OC)ccc3c2C(=O)c2ccc(OCCC3CCCCN3)cc2)cc1.Cl. The molecule has 0 saturated carbocycles. The Bertz CT molecular complexity index is 1330. The van der Waals surface area contributed by atoms with Gasteiger partial charge in [-0.25, -0.2) is 0 Å². The Morgan fingerprint density at radius 3 is 2.30 bits per heavy atom. The van der Waals surface area contributed by atoms with Gasteiger partial charge < -0.3 is 19.5 Å². The van der Waals surface area contributed by atoms with Gasteiger partial charge in [0.2, 0.25) is 0 Å². The number of benzene rings is 3. The molecule has 4 aromatic rings. The summed E-state index contributed by atoms with van der Waals surface area (Å²) in [6.07, 6.45) is 4.76. The molecule has 7 heteroatoms. The number of halogens is 1. The lowest BCUT2D eigenvalue weighted by Crippen LogP contribution is -2.35. The number of hydrogen-bond acceptors (Lipinski definition) is 6. The summed E-state index contributed by atoms with van der Waals surface area (Å²) in [7, 11) is 3.30. The van der Waals surface area contributed by atoms with Crippen molar-refractivity contribution in [3.8, 4) is 27.7 Å². The first kappa shape index (κ1) is 27.0. The molecule has 1 aromatic heterocycles. The van der Waals surface area contributed by atoms with E-state index >= 15 is 0 Å². The van der Waals surface area contributed by atoms with Crippen molar-refractivity contribution in [2.45, 2.75) is 31.7 Å². The Kier molecular flexibility index (Phi) is 9.09. The van der Waals surface area contributed by atoms with Gasteiger partial charge in [0, 0.05) is 32.1 Å². The smallest absolute Gasteiger partial charge is 0.195 e. The lowest BCUT2D eigenvalue weighted by Gasteiger charge is -2.23. The highest BCUT2D eigenvalue weighted by molar-refractivity contribution is 7.22. The van der Waals surface area contributed by atoms with Crippen molar-refractivity contribution in [2.75, 3.05) is 27.4 Å². The van der Waals surface area contributed by atoms with Gasteiger partial charge in [0.1, 0.15) is 17.2 Å². The average molecular weight is 538 g/mol. The molecule has 37 heavy (non-hydrogen) atoms. The van der Waals surface area contributed by atoms with E-state index < -0.39 is 0 Å². The summed E-state index contributed by atoms with van der Waals surface area (Å²) in [5.41, 5.74) is 2.33. The summed E-state index contributed by atoms with van der Waals surface area (Å²) in [5.74, 6) is 2.34. The van der Waals surface area contributed by atoms with Crippen LogP contribution in [0.3, 0.4) is 0 Å². The molecule has 2 heterocycles. The highest BCUT2D eigenvalue weighted by Gasteiger charge is 2.22. The minimum atomic E-state index is -0.00445. The van der Waals surface area contributed by atoms with Crippen LogP contribution in [0.15, 0.2) is 66.7 Å². The fourth-order valence-electron chi connectivity index (χ4n) is 4.71. The van der Waals surface area contributed by atoms with E-state index in [1.54, 1.807) is 25.6 Å². The van der Waals surface area contributed by atoms with Crippen LogP contribution in [0, 0.1) is 0 Å². The Morgan fingerprint density at radius 1 is 0.919 bits per heavy atom. The van der Waals surface area contributed by atoms with E-state index in [0.717, 1.165) is 50.7 Å². The molecule has 1 N–H and O–H groups in total. The number of ketones is 1. The van der Waals surface area contributed by atoms with E-state index in [9.17, 15) is 4.79 Å². The zero-order valence-electron chi connectivity index (χ0n) is 21.1. The Labute approximate surface area is 228 Å². The molecule has 1 unspecified atom stereocenters. The maximum atomic E-state index is 13.8. The van der Waals surface area contributed by atoms with E-state index in [4.69, 9.17) is 14.2 Å². The van der Waals surface area contributed by atoms with Crippen LogP contribution < -0.4 is 19.5 Å². The van der Waals surface area contributed by atoms with Crippen LogP contribution in [0.25, 0.3) is 20.5 Å². The summed E-state index contributed by atoms with van der Waals surface area (Å²) in [5, 5.41) is 4.48. The minimum absolute atomic E-state index is 0. The Hall–Kier alpha value is -3.06. The second kappa shape index (κ2) is 12.5. The van der Waals surface area contributed by atoms with Gasteiger partial charge in [-0.2, -0.15) is 0 Å². The molecular weight excluding hydrogens is 506 g/mol. The fraction of sp³-hybridized carbons (Fsp3) is 0.300. The fourth-order valence-corrected chi connectivity index (χ4v) is 5.94. The topological polar surface area (TPSA) is 56.8 Å². The van der Waals surface area contributed by atoms with Crippen LogP contribution in [0.1, 0.15) is 41.6 Å². The number of hydrogen-bond donors (Lipinski definition) is 1. The Morgan fingerprint density at radius 2 is 1.62 bits per heavy atom. The molecule has 0 spiro atoms. The zero-order chi connectivity index (χ0) is 24.9. The number of ether oxygens (including phenoxy) is 3. The highest BCUT2D eigenvalue weighted by Crippen LogP contribution is 2.41. The molecule has 1 atom stereocenters. The molecule has 1 aliphatic heterocycles. The van der Waals surface area contributed by atoms with Gasteiger partial charge in [-0.1, -0.05) is 6.42 Å². The van der Waals surface area contributed by atoms with Crippen molar-refractivity contribution >= 4 is 39.6 Å². The quantitative estimate of drug-likeness (QED) is 0.230. The van der Waals surface area contributed by atoms with Gasteiger partial charge >= 0.3 is 0 Å². The number of fused-ring (bicyclic) bond motifs is 1. The van der Waals surface area contributed by atoms with Crippen molar-refractivity contribution in [1.29, 1.82) is 0 Å². The normalized spacial score (nSPS) is 15.1. The molecule has 0 radical (unpaired) electrons. The minimum Gasteiger partial charge on any atom is -0.497 e. The van der Waals surface area contributed by atoms with Gasteiger partial charge in [-0.05, 0) is 98.1 Å². The second-order valence-electron chi connectivity index (χ2n) is 9.03. The van der Waals surface area contributed by atoms with E-state index in [0.29, 0.717) is 23.8 Å². The second-order valence-corrected chi connectivity index (χ2v) is 10.1. The van der Waals surface area contributed by atoms with Crippen LogP contribution in [0.5, 0.6) is 17.2 Å². The van der Waals surface area contributed by atoms with E-state index in [2.05, 4.69) is 5.32 Å². The average Bonchev–Trinajstić information content (AvgIpc) is 3.32. The van der Waals surface area contributed by atoms with E-state index in [1.807, 2.05) is 66.7 Å². The number of nitrogens with one attached hydrogen (secondary N) is 1. The van der Waals surface area contributed by atoms with Crippen molar-refractivity contribution in [3.05, 3.63) is 77.9 Å². The molecule has 5 rings (SSSR count). The number of thiophene rings is 1. The van der Waals surface area contributed by atoms with Gasteiger partial charge in [-0.3, -0.25) is 4.79 Å². The molecule has 3 aromatic carbocycles. The van der Waals surface area contributed by atoms with Crippen LogP contribution >= 0.6 is 23.7 Å². The number of carbonyl (C=O) groups excluding carboxylic acids is 1. The van der Waals surface area contributed by atoms with Crippen molar-refractivity contribution in [1.82, 2.24) is 5.32 Å². The summed E-state index contributed by atoms with van der Waals surface area (Å²) in [6.45, 7) is 1.77. The maximum Gasteiger partial charge on any atom is 0.195 e. The Balaban J connectivity index is 0.00000320. The third-order valence-corrected chi connectivity index (χ3v) is 7.94. The van der Waals surface area contributed by atoms with Crippen molar-refractivity contribution < 1.29 is 19.0 Å². The summed E-state index contributed by atoms with van der Waals surface area (Å²) in [6, 6.07) is 21.8. The predicted molar refractivity (Wildman–Crippen MR) is 153 cm³/mol. The largest absolute Gasteiger partial charge is 0.497 e. The van der Waals surface area contributed by atoms with Gasteiger partial charge in [0.25, 0.3) is 0 Å². The zero-order valence-corrected chi connectivity index (χ0v) is 22.8. The first-order valence-corrected chi connectivity index (χ1v) is 13.2. The monoisotopic (exact) mass is 537 g/mol. The van der Waals surface area contributed by atoms with Crippen LogP contribution in [-0.4, -0.2) is 39.2 Å². The molecule has 0 amide bonds.